The third-order valence-electron chi connectivity index (χ3n) is 2.52. The molecular weight excluding hydrogens is 202 g/mol. The van der Waals surface area contributed by atoms with Crippen LogP contribution in [0.5, 0.6) is 0 Å². The maximum absolute atomic E-state index is 12.0. The number of carbonyl (C=O) groups is 1. The first-order valence-electron chi connectivity index (χ1n) is 5.46. The fourth-order valence-corrected chi connectivity index (χ4v) is 1.47. The second kappa shape index (κ2) is 5.63. The van der Waals surface area contributed by atoms with Crippen LogP contribution in [0.4, 0.5) is 0 Å². The van der Waals surface area contributed by atoms with Crippen molar-refractivity contribution in [1.29, 1.82) is 0 Å². The van der Waals surface area contributed by atoms with Gasteiger partial charge in [-0.2, -0.15) is 0 Å². The SMILES string of the molecule is CCCNC(=O)C(N)(NC)c1ccccc1. The van der Waals surface area contributed by atoms with Crippen molar-refractivity contribution >= 4 is 5.91 Å². The van der Waals surface area contributed by atoms with Crippen molar-refractivity contribution in [2.45, 2.75) is 19.0 Å². The molecule has 1 aromatic carbocycles. The molecule has 0 saturated heterocycles. The highest BCUT2D eigenvalue weighted by Crippen LogP contribution is 2.14. The molecule has 4 nitrogen and oxygen atoms in total. The van der Waals surface area contributed by atoms with E-state index in [0.29, 0.717) is 6.54 Å². The lowest BCUT2D eigenvalue weighted by atomic mass is 9.99. The highest BCUT2D eigenvalue weighted by Gasteiger charge is 2.33. The summed E-state index contributed by atoms with van der Waals surface area (Å²) in [5, 5.41) is 5.67. The van der Waals surface area contributed by atoms with Gasteiger partial charge in [-0.25, -0.2) is 0 Å². The molecule has 16 heavy (non-hydrogen) atoms. The van der Waals surface area contributed by atoms with Crippen LogP contribution in [0.1, 0.15) is 18.9 Å². The first kappa shape index (κ1) is 12.7. The van der Waals surface area contributed by atoms with Crippen LogP contribution in [0.2, 0.25) is 0 Å². The zero-order valence-electron chi connectivity index (χ0n) is 9.79. The second-order valence-electron chi connectivity index (χ2n) is 3.68. The van der Waals surface area contributed by atoms with Crippen molar-refractivity contribution in [1.82, 2.24) is 10.6 Å². The van der Waals surface area contributed by atoms with Gasteiger partial charge < -0.3 is 11.1 Å². The number of nitrogens with two attached hydrogens (primary N) is 1. The molecule has 0 aromatic heterocycles. The van der Waals surface area contributed by atoms with Crippen LogP contribution in [0.25, 0.3) is 0 Å². The normalized spacial score (nSPS) is 14.2. The molecule has 1 amide bonds. The van der Waals surface area contributed by atoms with Gasteiger partial charge in [0.2, 0.25) is 0 Å². The van der Waals surface area contributed by atoms with Crippen LogP contribution in [0.15, 0.2) is 30.3 Å². The van der Waals surface area contributed by atoms with Gasteiger partial charge in [0.1, 0.15) is 0 Å². The number of likely N-dealkylation sites (N-methyl/N-ethyl adjacent to an activating group) is 1. The smallest absolute Gasteiger partial charge is 0.259 e. The number of nitrogens with one attached hydrogen (secondary N) is 2. The highest BCUT2D eigenvalue weighted by molar-refractivity contribution is 5.86. The summed E-state index contributed by atoms with van der Waals surface area (Å²) in [6.07, 6.45) is 0.889. The third kappa shape index (κ3) is 2.59. The lowest BCUT2D eigenvalue weighted by Crippen LogP contribution is -2.59. The number of hydrogen-bond acceptors (Lipinski definition) is 3. The monoisotopic (exact) mass is 221 g/mol. The average molecular weight is 221 g/mol. The summed E-state index contributed by atoms with van der Waals surface area (Å²) in [7, 11) is 1.68. The predicted octanol–water partition coefficient (Wildman–Crippen LogP) is 0.544. The highest BCUT2D eigenvalue weighted by atomic mass is 16.2. The van der Waals surface area contributed by atoms with Crippen LogP contribution in [0.3, 0.4) is 0 Å². The molecule has 4 N–H and O–H groups in total. The van der Waals surface area contributed by atoms with Crippen molar-refractivity contribution in [2.75, 3.05) is 13.6 Å². The maximum Gasteiger partial charge on any atom is 0.259 e. The molecule has 0 aliphatic heterocycles. The molecule has 0 heterocycles. The van der Waals surface area contributed by atoms with E-state index in [1.165, 1.54) is 0 Å². The van der Waals surface area contributed by atoms with Crippen molar-refractivity contribution in [3.05, 3.63) is 35.9 Å². The number of carbonyl (C=O) groups excluding carboxylic acids is 1. The predicted molar refractivity (Wildman–Crippen MR) is 64.7 cm³/mol. The Labute approximate surface area is 96.2 Å². The van der Waals surface area contributed by atoms with Gasteiger partial charge in [-0.05, 0) is 19.0 Å². The molecule has 0 fully saturated rings. The van der Waals surface area contributed by atoms with Gasteiger partial charge >= 0.3 is 0 Å². The van der Waals surface area contributed by atoms with E-state index in [9.17, 15) is 4.79 Å². The van der Waals surface area contributed by atoms with Crippen molar-refractivity contribution in [2.24, 2.45) is 5.73 Å². The van der Waals surface area contributed by atoms with Gasteiger partial charge in [0.15, 0.2) is 5.66 Å². The zero-order chi connectivity index (χ0) is 12.0. The van der Waals surface area contributed by atoms with E-state index in [0.717, 1.165) is 12.0 Å². The van der Waals surface area contributed by atoms with Crippen LogP contribution < -0.4 is 16.4 Å². The lowest BCUT2D eigenvalue weighted by molar-refractivity contribution is -0.127. The number of hydrogen-bond donors (Lipinski definition) is 3. The first-order valence-corrected chi connectivity index (χ1v) is 5.46. The van der Waals surface area contributed by atoms with Gasteiger partial charge in [0.05, 0.1) is 0 Å². The molecule has 0 aliphatic rings. The molecule has 0 radical (unpaired) electrons. The summed E-state index contributed by atoms with van der Waals surface area (Å²) < 4.78 is 0. The fraction of sp³-hybridized carbons (Fsp3) is 0.417. The summed E-state index contributed by atoms with van der Waals surface area (Å²) in [5.41, 5.74) is 5.68. The Kier molecular flexibility index (Phi) is 4.46. The van der Waals surface area contributed by atoms with E-state index in [1.54, 1.807) is 7.05 Å². The van der Waals surface area contributed by atoms with Crippen LogP contribution in [-0.4, -0.2) is 19.5 Å². The summed E-state index contributed by atoms with van der Waals surface area (Å²) >= 11 is 0. The molecule has 1 atom stereocenters. The largest absolute Gasteiger partial charge is 0.353 e. The van der Waals surface area contributed by atoms with Crippen LogP contribution in [0, 0.1) is 0 Å². The molecule has 1 aromatic rings. The molecule has 4 heteroatoms. The minimum atomic E-state index is -1.16. The molecule has 1 rings (SSSR count). The van der Waals surface area contributed by atoms with E-state index in [4.69, 9.17) is 5.73 Å². The second-order valence-corrected chi connectivity index (χ2v) is 3.68. The Bertz CT molecular complexity index is 339. The minimum absolute atomic E-state index is 0.206. The van der Waals surface area contributed by atoms with E-state index < -0.39 is 5.66 Å². The van der Waals surface area contributed by atoms with E-state index in [1.807, 2.05) is 37.3 Å². The van der Waals surface area contributed by atoms with Gasteiger partial charge in [0.25, 0.3) is 5.91 Å². The summed E-state index contributed by atoms with van der Waals surface area (Å²) in [5.74, 6) is -0.206. The number of rotatable bonds is 5. The van der Waals surface area contributed by atoms with E-state index >= 15 is 0 Å². The molecule has 1 unspecified atom stereocenters. The summed E-state index contributed by atoms with van der Waals surface area (Å²) in [4.78, 5) is 12.0. The van der Waals surface area contributed by atoms with E-state index in [2.05, 4.69) is 10.6 Å². The van der Waals surface area contributed by atoms with Gasteiger partial charge in [-0.15, -0.1) is 0 Å². The Morgan fingerprint density at radius 2 is 2.00 bits per heavy atom. The topological polar surface area (TPSA) is 67.2 Å². The molecule has 0 bridgehead atoms. The zero-order valence-corrected chi connectivity index (χ0v) is 9.79. The summed E-state index contributed by atoms with van der Waals surface area (Å²) in [6, 6.07) is 9.29. The van der Waals surface area contributed by atoms with E-state index in [-0.39, 0.29) is 5.91 Å². The minimum Gasteiger partial charge on any atom is -0.353 e. The quantitative estimate of drug-likeness (QED) is 0.636. The van der Waals surface area contributed by atoms with Gasteiger partial charge in [0, 0.05) is 6.54 Å². The lowest BCUT2D eigenvalue weighted by Gasteiger charge is -2.28. The average Bonchev–Trinajstić information content (AvgIpc) is 2.35. The maximum atomic E-state index is 12.0. The van der Waals surface area contributed by atoms with Crippen molar-refractivity contribution < 1.29 is 4.79 Å². The standard InChI is InChI=1S/C12H19N3O/c1-3-9-15-11(16)12(13,14-2)10-7-5-4-6-8-10/h4-8,14H,3,9,13H2,1-2H3,(H,15,16). The molecule has 0 saturated carbocycles. The number of benzene rings is 1. The van der Waals surface area contributed by atoms with Crippen LogP contribution >= 0.6 is 0 Å². The Morgan fingerprint density at radius 3 is 2.50 bits per heavy atom. The fourth-order valence-electron chi connectivity index (χ4n) is 1.47. The Morgan fingerprint density at radius 1 is 1.38 bits per heavy atom. The van der Waals surface area contributed by atoms with Gasteiger partial charge in [-0.1, -0.05) is 37.3 Å². The van der Waals surface area contributed by atoms with Crippen molar-refractivity contribution in [3.8, 4) is 0 Å². The number of amides is 1. The Hall–Kier alpha value is -1.39. The van der Waals surface area contributed by atoms with Crippen molar-refractivity contribution in [3.63, 3.8) is 0 Å². The third-order valence-corrected chi connectivity index (χ3v) is 2.52. The molecule has 0 aliphatic carbocycles. The Balaban J connectivity index is 2.89. The van der Waals surface area contributed by atoms with Gasteiger partial charge in [-0.3, -0.25) is 10.1 Å². The summed E-state index contributed by atoms with van der Waals surface area (Å²) in [6.45, 7) is 2.63. The molecule has 0 spiro atoms. The molecule has 88 valence electrons. The van der Waals surface area contributed by atoms with Crippen LogP contribution in [-0.2, 0) is 10.5 Å². The molecular formula is C12H19N3O. The first-order chi connectivity index (χ1) is 7.65.